The molecule has 0 spiro atoms. The fourth-order valence-electron chi connectivity index (χ4n) is 8.90. The van der Waals surface area contributed by atoms with Crippen molar-refractivity contribution in [3.63, 3.8) is 0 Å². The number of thiophene rings is 1. The van der Waals surface area contributed by atoms with Crippen molar-refractivity contribution < 1.29 is 0 Å². The molecular formula is C51H31N3S. The van der Waals surface area contributed by atoms with Crippen molar-refractivity contribution in [1.82, 2.24) is 14.1 Å². The third-order valence-corrected chi connectivity index (χ3v) is 12.4. The molecule has 0 fully saturated rings. The van der Waals surface area contributed by atoms with Crippen molar-refractivity contribution in [2.75, 3.05) is 0 Å². The zero-order chi connectivity index (χ0) is 36.0. The number of aromatic nitrogens is 3. The predicted molar refractivity (Wildman–Crippen MR) is 234 cm³/mol. The smallest absolute Gasteiger partial charge is 0.125 e. The van der Waals surface area contributed by atoms with Gasteiger partial charge in [-0.25, -0.2) is 4.98 Å². The Labute approximate surface area is 320 Å². The van der Waals surface area contributed by atoms with E-state index in [9.17, 15) is 0 Å². The summed E-state index contributed by atoms with van der Waals surface area (Å²) in [4.78, 5) is 6.41. The lowest BCUT2D eigenvalue weighted by Crippen LogP contribution is -2.00. The van der Waals surface area contributed by atoms with E-state index in [0.29, 0.717) is 0 Å². The van der Waals surface area contributed by atoms with Crippen LogP contribution in [-0.4, -0.2) is 14.1 Å². The highest BCUT2D eigenvalue weighted by Gasteiger charge is 2.18. The van der Waals surface area contributed by atoms with Crippen LogP contribution >= 0.6 is 11.3 Å². The van der Waals surface area contributed by atoms with E-state index < -0.39 is 0 Å². The van der Waals surface area contributed by atoms with Gasteiger partial charge in [0, 0.05) is 59.3 Å². The first-order valence-corrected chi connectivity index (χ1v) is 19.5. The zero-order valence-electron chi connectivity index (χ0n) is 29.6. The molecule has 0 N–H and O–H groups in total. The van der Waals surface area contributed by atoms with Gasteiger partial charge in [0.1, 0.15) is 4.83 Å². The van der Waals surface area contributed by atoms with Crippen molar-refractivity contribution in [2.24, 2.45) is 0 Å². The molecule has 0 amide bonds. The van der Waals surface area contributed by atoms with E-state index >= 15 is 0 Å². The number of benzene rings is 8. The third-order valence-electron chi connectivity index (χ3n) is 11.3. The number of rotatable bonds is 4. The van der Waals surface area contributed by atoms with Crippen LogP contribution in [0.5, 0.6) is 0 Å². The highest BCUT2D eigenvalue weighted by atomic mass is 32.1. The zero-order valence-corrected chi connectivity index (χ0v) is 30.5. The van der Waals surface area contributed by atoms with Crippen LogP contribution in [0.4, 0.5) is 0 Å². The standard InChI is InChI=1S/C51H31N3S/c1-2-18-42-41(17-1)49-43-19-7-12-24-48(43)55-51(49)52-50(42)33-27-25-32(26-28-33)34-29-35(53-44-20-8-3-13-37(44)38-14-4-9-21-45(38)53)31-36(30-34)54-46-22-10-5-15-39(46)40-16-6-11-23-47(40)54/h1-31H. The summed E-state index contributed by atoms with van der Waals surface area (Å²) in [5, 5.41) is 9.95. The molecule has 0 saturated carbocycles. The molecule has 0 radical (unpaired) electrons. The molecule has 0 aliphatic carbocycles. The molecule has 4 heteroatoms. The fraction of sp³-hybridized carbons (Fsp3) is 0. The van der Waals surface area contributed by atoms with Crippen LogP contribution in [0.2, 0.25) is 0 Å². The summed E-state index contributed by atoms with van der Waals surface area (Å²) in [6.07, 6.45) is 0. The molecule has 12 rings (SSSR count). The summed E-state index contributed by atoms with van der Waals surface area (Å²) in [6.45, 7) is 0. The van der Waals surface area contributed by atoms with Gasteiger partial charge in [-0.2, -0.15) is 0 Å². The van der Waals surface area contributed by atoms with E-state index in [0.717, 1.165) is 38.6 Å². The summed E-state index contributed by atoms with van der Waals surface area (Å²) < 4.78 is 6.12. The Kier molecular flexibility index (Phi) is 6.50. The largest absolute Gasteiger partial charge is 0.309 e. The van der Waals surface area contributed by atoms with Gasteiger partial charge in [-0.05, 0) is 65.0 Å². The van der Waals surface area contributed by atoms with E-state index in [2.05, 4.69) is 197 Å². The molecule has 0 unspecified atom stereocenters. The predicted octanol–water partition coefficient (Wildman–Crippen LogP) is 14.1. The Morgan fingerprint density at radius 1 is 0.345 bits per heavy atom. The lowest BCUT2D eigenvalue weighted by Gasteiger charge is -2.16. The molecule has 0 bridgehead atoms. The normalized spacial score (nSPS) is 12.0. The minimum atomic E-state index is 1.02. The first kappa shape index (κ1) is 30.5. The van der Waals surface area contributed by atoms with Crippen molar-refractivity contribution in [2.45, 2.75) is 0 Å². The van der Waals surface area contributed by atoms with Gasteiger partial charge in [-0.1, -0.05) is 140 Å². The number of hydrogen-bond donors (Lipinski definition) is 0. The van der Waals surface area contributed by atoms with Gasteiger partial charge in [-0.15, -0.1) is 11.3 Å². The Balaban J connectivity index is 1.09. The number of hydrogen-bond acceptors (Lipinski definition) is 2. The average molecular weight is 718 g/mol. The van der Waals surface area contributed by atoms with Crippen LogP contribution in [0.15, 0.2) is 188 Å². The van der Waals surface area contributed by atoms with Crippen molar-refractivity contribution >= 4 is 86.0 Å². The lowest BCUT2D eigenvalue weighted by atomic mass is 9.98. The van der Waals surface area contributed by atoms with E-state index in [4.69, 9.17) is 4.98 Å². The number of nitrogens with zero attached hydrogens (tertiary/aromatic N) is 3. The van der Waals surface area contributed by atoms with Crippen molar-refractivity contribution in [3.8, 4) is 33.8 Å². The van der Waals surface area contributed by atoms with Gasteiger partial charge < -0.3 is 9.13 Å². The van der Waals surface area contributed by atoms with Crippen LogP contribution in [0.1, 0.15) is 0 Å². The topological polar surface area (TPSA) is 22.8 Å². The molecule has 0 atom stereocenters. The SMILES string of the molecule is c1ccc2c(c1)sc1nc(-c3ccc(-c4cc(-n5c6ccccc6c6ccccc65)cc(-n5c6ccccc6c6ccccc65)c4)cc3)c3ccccc3c12. The second-order valence-electron chi connectivity index (χ2n) is 14.3. The second-order valence-corrected chi connectivity index (χ2v) is 15.4. The Morgan fingerprint density at radius 3 is 1.29 bits per heavy atom. The highest BCUT2D eigenvalue weighted by Crippen LogP contribution is 2.42. The third kappa shape index (κ3) is 4.52. The molecule has 55 heavy (non-hydrogen) atoms. The Hall–Kier alpha value is -7.01. The van der Waals surface area contributed by atoms with E-state index in [1.807, 2.05) is 0 Å². The summed E-state index contributed by atoms with van der Waals surface area (Å²) in [5.74, 6) is 0. The second kappa shape index (κ2) is 11.7. The van der Waals surface area contributed by atoms with Gasteiger partial charge in [-0.3, -0.25) is 0 Å². The Bertz CT molecular complexity index is 3250. The maximum Gasteiger partial charge on any atom is 0.125 e. The molecule has 0 aliphatic heterocycles. The molecule has 0 aliphatic rings. The monoisotopic (exact) mass is 717 g/mol. The fourth-order valence-corrected chi connectivity index (χ4v) is 10.00. The Morgan fingerprint density at radius 2 is 0.764 bits per heavy atom. The number of pyridine rings is 1. The molecule has 12 aromatic rings. The summed E-state index contributed by atoms with van der Waals surface area (Å²) in [5.41, 5.74) is 11.5. The molecule has 3 nitrogen and oxygen atoms in total. The number of para-hydroxylation sites is 4. The minimum Gasteiger partial charge on any atom is -0.309 e. The van der Waals surface area contributed by atoms with Gasteiger partial charge in [0.2, 0.25) is 0 Å². The van der Waals surface area contributed by atoms with Gasteiger partial charge >= 0.3 is 0 Å². The minimum absolute atomic E-state index is 1.02. The van der Waals surface area contributed by atoms with Crippen LogP contribution in [-0.2, 0) is 0 Å². The maximum absolute atomic E-state index is 5.34. The molecule has 256 valence electrons. The van der Waals surface area contributed by atoms with Gasteiger partial charge in [0.05, 0.1) is 27.8 Å². The molecule has 4 aromatic heterocycles. The summed E-state index contributed by atoms with van der Waals surface area (Å²) in [7, 11) is 0. The molecule has 4 heterocycles. The first-order valence-electron chi connectivity index (χ1n) is 18.7. The summed E-state index contributed by atoms with van der Waals surface area (Å²) in [6, 6.07) is 68.4. The summed E-state index contributed by atoms with van der Waals surface area (Å²) >= 11 is 1.77. The van der Waals surface area contributed by atoms with Crippen LogP contribution in [0, 0.1) is 0 Å². The highest BCUT2D eigenvalue weighted by molar-refractivity contribution is 7.25. The van der Waals surface area contributed by atoms with Crippen LogP contribution in [0.25, 0.3) is 108 Å². The lowest BCUT2D eigenvalue weighted by molar-refractivity contribution is 1.13. The maximum atomic E-state index is 5.34. The van der Waals surface area contributed by atoms with E-state index in [1.165, 1.54) is 69.9 Å². The molecule has 8 aromatic carbocycles. The van der Waals surface area contributed by atoms with Gasteiger partial charge in [0.15, 0.2) is 0 Å². The quantitative estimate of drug-likeness (QED) is 0.178. The first-order chi connectivity index (χ1) is 27.3. The molecular weight excluding hydrogens is 687 g/mol. The average Bonchev–Trinajstić information content (AvgIpc) is 3.91. The van der Waals surface area contributed by atoms with Crippen LogP contribution in [0.3, 0.4) is 0 Å². The van der Waals surface area contributed by atoms with E-state index in [1.54, 1.807) is 11.3 Å². The van der Waals surface area contributed by atoms with Crippen LogP contribution < -0.4 is 0 Å². The van der Waals surface area contributed by atoms with Gasteiger partial charge in [0.25, 0.3) is 0 Å². The van der Waals surface area contributed by atoms with Crippen molar-refractivity contribution in [3.05, 3.63) is 188 Å². The number of fused-ring (bicyclic) bond motifs is 11. The van der Waals surface area contributed by atoms with Crippen molar-refractivity contribution in [1.29, 1.82) is 0 Å². The molecule has 0 saturated heterocycles. The van der Waals surface area contributed by atoms with E-state index in [-0.39, 0.29) is 0 Å².